The van der Waals surface area contributed by atoms with Gasteiger partial charge in [0.2, 0.25) is 11.8 Å². The summed E-state index contributed by atoms with van der Waals surface area (Å²) >= 11 is 0. The maximum Gasteiger partial charge on any atom is 0.219 e. The molecule has 0 radical (unpaired) electrons. The van der Waals surface area contributed by atoms with E-state index in [2.05, 4.69) is 32.2 Å². The number of aromatic amines is 1. The van der Waals surface area contributed by atoms with Crippen LogP contribution < -0.4 is 4.74 Å². The Morgan fingerprint density at radius 1 is 1.06 bits per heavy atom. The number of piperazine rings is 1. The van der Waals surface area contributed by atoms with Crippen molar-refractivity contribution in [3.8, 4) is 22.9 Å². The third-order valence-electron chi connectivity index (χ3n) is 5.99. The van der Waals surface area contributed by atoms with Gasteiger partial charge in [0.05, 0.1) is 11.2 Å². The number of carbonyl (C=O) groups excluding carboxylic acids is 1. The van der Waals surface area contributed by atoms with Gasteiger partial charge in [0.25, 0.3) is 0 Å². The van der Waals surface area contributed by atoms with Gasteiger partial charge in [0, 0.05) is 81.2 Å². The molecule has 4 heterocycles. The van der Waals surface area contributed by atoms with Crippen LogP contribution >= 0.6 is 0 Å². The Hall–Kier alpha value is -3.78. The van der Waals surface area contributed by atoms with Gasteiger partial charge in [-0.1, -0.05) is 6.07 Å². The molecule has 1 saturated heterocycles. The van der Waals surface area contributed by atoms with Crippen molar-refractivity contribution in [1.29, 1.82) is 0 Å². The second kappa shape index (κ2) is 9.38. The second-order valence-electron chi connectivity index (χ2n) is 8.21. The number of benzene rings is 1. The van der Waals surface area contributed by atoms with Crippen molar-refractivity contribution >= 4 is 16.8 Å². The van der Waals surface area contributed by atoms with Crippen LogP contribution in [0.1, 0.15) is 12.6 Å². The van der Waals surface area contributed by atoms with Crippen LogP contribution in [0.5, 0.6) is 11.6 Å². The first-order valence-electron chi connectivity index (χ1n) is 11.2. The number of H-pyrrole nitrogens is 1. The molecular weight excluding hydrogens is 416 g/mol. The number of pyridine rings is 2. The smallest absolute Gasteiger partial charge is 0.219 e. The van der Waals surface area contributed by atoms with E-state index in [-0.39, 0.29) is 5.91 Å². The van der Waals surface area contributed by atoms with Crippen molar-refractivity contribution in [2.45, 2.75) is 13.3 Å². The zero-order valence-corrected chi connectivity index (χ0v) is 18.6. The first kappa shape index (κ1) is 21.1. The van der Waals surface area contributed by atoms with E-state index in [1.807, 2.05) is 41.3 Å². The zero-order chi connectivity index (χ0) is 22.6. The maximum absolute atomic E-state index is 11.5. The van der Waals surface area contributed by atoms with Crippen molar-refractivity contribution < 1.29 is 9.53 Å². The standard InChI is InChI=1S/C25H26N6O2/c1-18(32)31-14-12-30(13-15-31)11-9-21-4-2-19-16-22(5-6-23(19)28-21)33-25-7-3-20(17-26-25)24-8-10-27-29-24/h2-8,10,16-17H,9,11-15H2,1H3,(H,27,29). The maximum atomic E-state index is 11.5. The van der Waals surface area contributed by atoms with E-state index in [4.69, 9.17) is 9.72 Å². The number of hydrogen-bond acceptors (Lipinski definition) is 6. The third-order valence-corrected chi connectivity index (χ3v) is 5.99. The minimum absolute atomic E-state index is 0.163. The highest BCUT2D eigenvalue weighted by molar-refractivity contribution is 5.80. The van der Waals surface area contributed by atoms with Gasteiger partial charge in [0.1, 0.15) is 5.75 Å². The predicted octanol–water partition coefficient (Wildman–Crippen LogP) is 3.52. The average molecular weight is 443 g/mol. The first-order chi connectivity index (χ1) is 16.1. The number of ether oxygens (including phenoxy) is 1. The number of hydrogen-bond donors (Lipinski definition) is 1. The Balaban J connectivity index is 1.20. The quantitative estimate of drug-likeness (QED) is 0.492. The number of carbonyl (C=O) groups is 1. The number of nitrogens with zero attached hydrogens (tertiary/aromatic N) is 5. The van der Waals surface area contributed by atoms with Crippen molar-refractivity contribution in [3.05, 3.63) is 66.6 Å². The number of amides is 1. The molecule has 168 valence electrons. The molecule has 0 bridgehead atoms. The summed E-state index contributed by atoms with van der Waals surface area (Å²) in [6.07, 6.45) is 4.36. The molecule has 4 aromatic rings. The lowest BCUT2D eigenvalue weighted by Crippen LogP contribution is -2.48. The van der Waals surface area contributed by atoms with Gasteiger partial charge in [-0.25, -0.2) is 4.98 Å². The molecule has 1 aliphatic heterocycles. The molecule has 3 aromatic heterocycles. The first-order valence-corrected chi connectivity index (χ1v) is 11.2. The van der Waals surface area contributed by atoms with E-state index in [1.54, 1.807) is 19.3 Å². The van der Waals surface area contributed by atoms with Crippen LogP contribution in [-0.2, 0) is 11.2 Å². The Morgan fingerprint density at radius 3 is 2.67 bits per heavy atom. The normalized spacial score (nSPS) is 14.5. The Kier molecular flexibility index (Phi) is 5.99. The van der Waals surface area contributed by atoms with Gasteiger partial charge in [-0.15, -0.1) is 0 Å². The highest BCUT2D eigenvalue weighted by Gasteiger charge is 2.18. The molecule has 0 spiro atoms. The Labute approximate surface area is 192 Å². The fourth-order valence-electron chi connectivity index (χ4n) is 4.05. The fraction of sp³-hybridized carbons (Fsp3) is 0.280. The summed E-state index contributed by atoms with van der Waals surface area (Å²) < 4.78 is 5.94. The monoisotopic (exact) mass is 442 g/mol. The van der Waals surface area contributed by atoms with E-state index in [1.165, 1.54) is 0 Å². The van der Waals surface area contributed by atoms with E-state index >= 15 is 0 Å². The van der Waals surface area contributed by atoms with E-state index in [0.717, 1.165) is 72.7 Å². The molecule has 8 heteroatoms. The molecule has 33 heavy (non-hydrogen) atoms. The molecule has 0 unspecified atom stereocenters. The van der Waals surface area contributed by atoms with Crippen LogP contribution in [0.4, 0.5) is 0 Å². The highest BCUT2D eigenvalue weighted by Crippen LogP contribution is 2.25. The third kappa shape index (κ3) is 5.01. The molecule has 1 aliphatic rings. The number of fused-ring (bicyclic) bond motifs is 1. The van der Waals surface area contributed by atoms with Crippen LogP contribution in [0, 0.1) is 0 Å². The number of aromatic nitrogens is 4. The van der Waals surface area contributed by atoms with Gasteiger partial charge in [-0.05, 0) is 36.4 Å². The zero-order valence-electron chi connectivity index (χ0n) is 18.6. The van der Waals surface area contributed by atoms with Gasteiger partial charge < -0.3 is 9.64 Å². The van der Waals surface area contributed by atoms with Gasteiger partial charge in [-0.2, -0.15) is 5.10 Å². The summed E-state index contributed by atoms with van der Waals surface area (Å²) in [7, 11) is 0. The van der Waals surface area contributed by atoms with Crippen LogP contribution in [0.25, 0.3) is 22.2 Å². The summed E-state index contributed by atoms with van der Waals surface area (Å²) in [5.41, 5.74) is 3.89. The summed E-state index contributed by atoms with van der Waals surface area (Å²) in [4.78, 5) is 25.0. The van der Waals surface area contributed by atoms with Crippen LogP contribution in [0.3, 0.4) is 0 Å². The minimum atomic E-state index is 0.163. The van der Waals surface area contributed by atoms with Crippen molar-refractivity contribution in [2.75, 3.05) is 32.7 Å². The molecule has 5 rings (SSSR count). The topological polar surface area (TPSA) is 87.2 Å². The van der Waals surface area contributed by atoms with Crippen LogP contribution in [0.2, 0.25) is 0 Å². The number of rotatable bonds is 6. The minimum Gasteiger partial charge on any atom is -0.439 e. The highest BCUT2D eigenvalue weighted by atomic mass is 16.5. The van der Waals surface area contributed by atoms with E-state index in [0.29, 0.717) is 5.88 Å². The largest absolute Gasteiger partial charge is 0.439 e. The lowest BCUT2D eigenvalue weighted by Gasteiger charge is -2.34. The predicted molar refractivity (Wildman–Crippen MR) is 126 cm³/mol. The van der Waals surface area contributed by atoms with Gasteiger partial charge in [0.15, 0.2) is 0 Å². The van der Waals surface area contributed by atoms with Gasteiger partial charge in [-0.3, -0.25) is 19.8 Å². The van der Waals surface area contributed by atoms with Crippen molar-refractivity contribution in [1.82, 2.24) is 30.0 Å². The van der Waals surface area contributed by atoms with Crippen LogP contribution in [-0.4, -0.2) is 68.6 Å². The molecule has 0 saturated carbocycles. The van der Waals surface area contributed by atoms with Crippen molar-refractivity contribution in [2.24, 2.45) is 0 Å². The molecule has 0 atom stereocenters. The number of nitrogens with one attached hydrogen (secondary N) is 1. The molecule has 8 nitrogen and oxygen atoms in total. The summed E-state index contributed by atoms with van der Waals surface area (Å²) in [5.74, 6) is 1.42. The molecule has 1 amide bonds. The summed E-state index contributed by atoms with van der Waals surface area (Å²) in [6.45, 7) is 6.05. The fourth-order valence-corrected chi connectivity index (χ4v) is 4.05. The Morgan fingerprint density at radius 2 is 1.94 bits per heavy atom. The van der Waals surface area contributed by atoms with E-state index in [9.17, 15) is 4.79 Å². The Bertz CT molecular complexity index is 1230. The second-order valence-corrected chi connectivity index (χ2v) is 8.21. The van der Waals surface area contributed by atoms with E-state index < -0.39 is 0 Å². The van der Waals surface area contributed by atoms with Gasteiger partial charge >= 0.3 is 0 Å². The summed E-state index contributed by atoms with van der Waals surface area (Å²) in [5, 5.41) is 7.92. The molecular formula is C25H26N6O2. The lowest BCUT2D eigenvalue weighted by molar-refractivity contribution is -0.130. The van der Waals surface area contributed by atoms with Crippen molar-refractivity contribution in [3.63, 3.8) is 0 Å². The molecule has 1 aromatic carbocycles. The lowest BCUT2D eigenvalue weighted by atomic mass is 10.1. The molecule has 0 aliphatic carbocycles. The summed E-state index contributed by atoms with van der Waals surface area (Å²) in [6, 6.07) is 15.8. The molecule has 1 N–H and O–H groups in total. The average Bonchev–Trinajstić information content (AvgIpc) is 3.38. The van der Waals surface area contributed by atoms with Crippen LogP contribution in [0.15, 0.2) is 60.9 Å². The molecule has 1 fully saturated rings. The SMILES string of the molecule is CC(=O)N1CCN(CCc2ccc3cc(Oc4ccc(-c5ccn[nH]5)cn4)ccc3n2)CC1.